The summed E-state index contributed by atoms with van der Waals surface area (Å²) in [5.41, 5.74) is 7.96. The summed E-state index contributed by atoms with van der Waals surface area (Å²) in [5.74, 6) is 1.12. The lowest BCUT2D eigenvalue weighted by Gasteiger charge is -2.13. The molecule has 24 heavy (non-hydrogen) atoms. The zero-order valence-electron chi connectivity index (χ0n) is 14.0. The molecule has 1 aromatic carbocycles. The number of ether oxygens (including phenoxy) is 1. The minimum atomic E-state index is 0.00683. The molecule has 1 amide bonds. The van der Waals surface area contributed by atoms with Crippen LogP contribution in [0.25, 0.3) is 11.3 Å². The molecule has 128 valence electrons. The van der Waals surface area contributed by atoms with Gasteiger partial charge in [-0.1, -0.05) is 6.42 Å². The van der Waals surface area contributed by atoms with Crippen LogP contribution in [0.4, 0.5) is 5.13 Å². The molecule has 3 rings (SSSR count). The maximum Gasteiger partial charge on any atom is 0.226 e. The highest BCUT2D eigenvalue weighted by Crippen LogP contribution is 2.32. The van der Waals surface area contributed by atoms with Crippen molar-refractivity contribution in [1.82, 2.24) is 4.98 Å². The van der Waals surface area contributed by atoms with E-state index in [-0.39, 0.29) is 11.9 Å². The van der Waals surface area contributed by atoms with E-state index in [1.807, 2.05) is 31.2 Å². The molecule has 1 aliphatic rings. The number of aryl methyl sites for hydroxylation is 1. The van der Waals surface area contributed by atoms with Gasteiger partial charge in [0.25, 0.3) is 0 Å². The maximum atomic E-state index is 12.2. The van der Waals surface area contributed by atoms with E-state index in [0.29, 0.717) is 17.5 Å². The first-order valence-electron chi connectivity index (χ1n) is 8.24. The molecule has 1 aliphatic carbocycles. The Morgan fingerprint density at radius 2 is 2.12 bits per heavy atom. The number of benzene rings is 1. The Kier molecular flexibility index (Phi) is 5.16. The number of nitrogens with zero attached hydrogens (tertiary/aromatic N) is 1. The van der Waals surface area contributed by atoms with Crippen molar-refractivity contribution in [3.8, 4) is 17.0 Å². The molecule has 0 unspecified atom stereocenters. The summed E-state index contributed by atoms with van der Waals surface area (Å²) in [7, 11) is 1.65. The lowest BCUT2D eigenvalue weighted by atomic mass is 10.00. The molecule has 0 saturated heterocycles. The van der Waals surface area contributed by atoms with Gasteiger partial charge in [-0.15, -0.1) is 11.3 Å². The number of methoxy groups -OCH3 is 1. The number of hydrogen-bond acceptors (Lipinski definition) is 5. The van der Waals surface area contributed by atoms with E-state index in [2.05, 4.69) is 10.3 Å². The lowest BCUT2D eigenvalue weighted by Crippen LogP contribution is -2.28. The van der Waals surface area contributed by atoms with E-state index in [0.717, 1.165) is 41.1 Å². The van der Waals surface area contributed by atoms with Crippen LogP contribution in [0.1, 0.15) is 30.6 Å². The molecule has 2 aromatic rings. The molecule has 0 bridgehead atoms. The number of hydrogen-bond donors (Lipinski definition) is 2. The number of nitrogens with two attached hydrogens (primary N) is 1. The molecule has 2 atom stereocenters. The van der Waals surface area contributed by atoms with E-state index >= 15 is 0 Å². The summed E-state index contributed by atoms with van der Waals surface area (Å²) in [6.45, 7) is 2.01. The van der Waals surface area contributed by atoms with Gasteiger partial charge in [0.15, 0.2) is 5.13 Å². The normalized spacial score (nSPS) is 20.1. The fraction of sp³-hybridized carbons (Fsp3) is 0.444. The quantitative estimate of drug-likeness (QED) is 0.868. The zero-order valence-corrected chi connectivity index (χ0v) is 14.9. The number of anilines is 1. The minimum absolute atomic E-state index is 0.00683. The average molecular weight is 345 g/mol. The summed E-state index contributed by atoms with van der Waals surface area (Å²) in [6.07, 6.45) is 3.67. The molecule has 0 radical (unpaired) electrons. The molecular weight excluding hydrogens is 322 g/mol. The molecule has 1 heterocycles. The Morgan fingerprint density at radius 3 is 2.75 bits per heavy atom. The van der Waals surface area contributed by atoms with Crippen LogP contribution >= 0.6 is 11.3 Å². The largest absolute Gasteiger partial charge is 0.497 e. The molecule has 0 spiro atoms. The number of aromatic nitrogens is 1. The van der Waals surface area contributed by atoms with Gasteiger partial charge in [0.2, 0.25) is 5.91 Å². The Labute approximate surface area is 146 Å². The first-order chi connectivity index (χ1) is 11.6. The third-order valence-electron chi connectivity index (χ3n) is 4.57. The number of nitrogens with one attached hydrogen (secondary N) is 1. The van der Waals surface area contributed by atoms with Crippen molar-refractivity contribution in [2.24, 2.45) is 11.7 Å². The number of rotatable bonds is 5. The predicted octanol–water partition coefficient (Wildman–Crippen LogP) is 3.58. The molecule has 5 nitrogen and oxygen atoms in total. The topological polar surface area (TPSA) is 77.2 Å². The van der Waals surface area contributed by atoms with Crippen molar-refractivity contribution in [3.05, 3.63) is 29.1 Å². The number of carbonyl (C=O) groups excluding carboxylic acids is 1. The smallest absolute Gasteiger partial charge is 0.226 e. The van der Waals surface area contributed by atoms with Crippen LogP contribution in [-0.4, -0.2) is 24.0 Å². The molecule has 6 heteroatoms. The third-order valence-corrected chi connectivity index (χ3v) is 5.46. The van der Waals surface area contributed by atoms with Crippen LogP contribution in [0, 0.1) is 12.8 Å². The summed E-state index contributed by atoms with van der Waals surface area (Å²) < 4.78 is 5.18. The van der Waals surface area contributed by atoms with Crippen molar-refractivity contribution in [1.29, 1.82) is 0 Å². The number of thiazole rings is 1. The van der Waals surface area contributed by atoms with Gasteiger partial charge in [0, 0.05) is 22.9 Å². The SMILES string of the molecule is COc1ccc(-c2nc(NC(=O)C[C@@H]3CCC[C@H]3N)sc2C)cc1. The van der Waals surface area contributed by atoms with Crippen molar-refractivity contribution in [2.45, 2.75) is 38.6 Å². The van der Waals surface area contributed by atoms with Crippen LogP contribution in [0.2, 0.25) is 0 Å². The highest BCUT2D eigenvalue weighted by atomic mass is 32.1. The Hall–Kier alpha value is -1.92. The Balaban J connectivity index is 1.67. The van der Waals surface area contributed by atoms with Crippen molar-refractivity contribution in [2.75, 3.05) is 12.4 Å². The van der Waals surface area contributed by atoms with E-state index in [4.69, 9.17) is 10.5 Å². The second-order valence-electron chi connectivity index (χ2n) is 6.26. The van der Waals surface area contributed by atoms with Gasteiger partial charge in [-0.2, -0.15) is 0 Å². The van der Waals surface area contributed by atoms with E-state index in [9.17, 15) is 4.79 Å². The van der Waals surface area contributed by atoms with Gasteiger partial charge in [0.05, 0.1) is 12.8 Å². The van der Waals surface area contributed by atoms with Crippen LogP contribution in [0.5, 0.6) is 5.75 Å². The second-order valence-corrected chi connectivity index (χ2v) is 7.46. The van der Waals surface area contributed by atoms with Crippen molar-refractivity contribution in [3.63, 3.8) is 0 Å². The van der Waals surface area contributed by atoms with E-state index in [1.54, 1.807) is 7.11 Å². The number of carbonyl (C=O) groups is 1. The monoisotopic (exact) mass is 345 g/mol. The predicted molar refractivity (Wildman–Crippen MR) is 97.4 cm³/mol. The molecule has 1 aromatic heterocycles. The summed E-state index contributed by atoms with van der Waals surface area (Å²) in [4.78, 5) is 17.9. The van der Waals surface area contributed by atoms with E-state index < -0.39 is 0 Å². The molecule has 0 aliphatic heterocycles. The fourth-order valence-electron chi connectivity index (χ4n) is 3.19. The zero-order chi connectivity index (χ0) is 17.1. The van der Waals surface area contributed by atoms with Crippen LogP contribution in [-0.2, 0) is 4.79 Å². The van der Waals surface area contributed by atoms with Crippen molar-refractivity contribution >= 4 is 22.4 Å². The van der Waals surface area contributed by atoms with Gasteiger partial charge in [-0.3, -0.25) is 4.79 Å². The molecule has 1 fully saturated rings. The third kappa shape index (κ3) is 3.76. The van der Waals surface area contributed by atoms with Gasteiger partial charge < -0.3 is 15.8 Å². The first kappa shape index (κ1) is 16.9. The second kappa shape index (κ2) is 7.32. The summed E-state index contributed by atoms with van der Waals surface area (Å²) in [6, 6.07) is 7.93. The summed E-state index contributed by atoms with van der Waals surface area (Å²) in [5, 5.41) is 3.58. The maximum absolute atomic E-state index is 12.2. The van der Waals surface area contributed by atoms with Crippen LogP contribution < -0.4 is 15.8 Å². The van der Waals surface area contributed by atoms with Gasteiger partial charge in [-0.05, 0) is 49.9 Å². The minimum Gasteiger partial charge on any atom is -0.497 e. The Bertz CT molecular complexity index is 712. The van der Waals surface area contributed by atoms with E-state index in [1.165, 1.54) is 11.3 Å². The van der Waals surface area contributed by atoms with Crippen molar-refractivity contribution < 1.29 is 9.53 Å². The van der Waals surface area contributed by atoms with Gasteiger partial charge in [-0.25, -0.2) is 4.98 Å². The van der Waals surface area contributed by atoms with Gasteiger partial charge >= 0.3 is 0 Å². The van der Waals surface area contributed by atoms with Crippen LogP contribution in [0.15, 0.2) is 24.3 Å². The standard InChI is InChI=1S/C18H23N3O2S/c1-11-17(12-6-8-14(23-2)9-7-12)21-18(24-11)20-16(22)10-13-4-3-5-15(13)19/h6-9,13,15H,3-5,10,19H2,1-2H3,(H,20,21,22)/t13-,15+/m0/s1. The number of amides is 1. The lowest BCUT2D eigenvalue weighted by molar-refractivity contribution is -0.117. The summed E-state index contributed by atoms with van der Waals surface area (Å²) >= 11 is 1.50. The first-order valence-corrected chi connectivity index (χ1v) is 9.05. The van der Waals surface area contributed by atoms with Crippen LogP contribution in [0.3, 0.4) is 0 Å². The van der Waals surface area contributed by atoms with Gasteiger partial charge in [0.1, 0.15) is 5.75 Å². The highest BCUT2D eigenvalue weighted by Gasteiger charge is 2.26. The molecule has 3 N–H and O–H groups in total. The fourth-order valence-corrected chi connectivity index (χ4v) is 4.05. The highest BCUT2D eigenvalue weighted by molar-refractivity contribution is 7.16. The molecular formula is C18H23N3O2S. The Morgan fingerprint density at radius 1 is 1.38 bits per heavy atom. The average Bonchev–Trinajstić information content (AvgIpc) is 3.13. The molecule has 1 saturated carbocycles.